The average Bonchev–Trinajstić information content (AvgIpc) is 2.55. The first-order valence-electron chi connectivity index (χ1n) is 4.47. The number of rotatable bonds is 4. The molecule has 0 aromatic carbocycles. The number of hydrogen-bond acceptors (Lipinski definition) is 3. The molecule has 1 heterocycles. The Labute approximate surface area is 72.9 Å². The number of nitrogens with zero attached hydrogens (tertiary/aromatic N) is 1. The van der Waals surface area contributed by atoms with Crippen LogP contribution in [-0.4, -0.2) is 5.16 Å². The van der Waals surface area contributed by atoms with Crippen LogP contribution in [0.15, 0.2) is 10.6 Å². The summed E-state index contributed by atoms with van der Waals surface area (Å²) in [6, 6.07) is 1.96. The molecule has 0 saturated carbocycles. The van der Waals surface area contributed by atoms with E-state index in [1.165, 1.54) is 0 Å². The van der Waals surface area contributed by atoms with Crippen molar-refractivity contribution in [2.45, 2.75) is 39.2 Å². The molecule has 0 saturated heterocycles. The second-order valence-electron chi connectivity index (χ2n) is 2.94. The van der Waals surface area contributed by atoms with Gasteiger partial charge in [0, 0.05) is 12.0 Å². The summed E-state index contributed by atoms with van der Waals surface area (Å²) in [6.07, 6.45) is 2.21. The fourth-order valence-electron chi connectivity index (χ4n) is 1.32. The Morgan fingerprint density at radius 3 is 2.58 bits per heavy atom. The molecule has 0 fully saturated rings. The van der Waals surface area contributed by atoms with Crippen LogP contribution in [0, 0.1) is 0 Å². The Bertz CT molecular complexity index is 228. The summed E-state index contributed by atoms with van der Waals surface area (Å²) in [4.78, 5) is 0. The second kappa shape index (κ2) is 4.26. The van der Waals surface area contributed by atoms with Crippen LogP contribution in [0.25, 0.3) is 0 Å². The van der Waals surface area contributed by atoms with Crippen molar-refractivity contribution in [2.24, 2.45) is 5.73 Å². The van der Waals surface area contributed by atoms with E-state index in [9.17, 15) is 0 Å². The molecule has 68 valence electrons. The van der Waals surface area contributed by atoms with Crippen molar-refractivity contribution < 1.29 is 4.52 Å². The van der Waals surface area contributed by atoms with Gasteiger partial charge in [-0.15, -0.1) is 0 Å². The Morgan fingerprint density at radius 1 is 1.50 bits per heavy atom. The largest absolute Gasteiger partial charge is 0.360 e. The molecule has 0 unspecified atom stereocenters. The highest BCUT2D eigenvalue weighted by atomic mass is 16.5. The molecule has 1 aromatic heterocycles. The third kappa shape index (κ3) is 1.85. The lowest BCUT2D eigenvalue weighted by Crippen LogP contribution is -1.95. The fraction of sp³-hybridized carbons (Fsp3) is 0.667. The predicted molar refractivity (Wildman–Crippen MR) is 47.7 cm³/mol. The summed E-state index contributed by atoms with van der Waals surface area (Å²) in [5.41, 5.74) is 6.45. The smallest absolute Gasteiger partial charge is 0.150 e. The van der Waals surface area contributed by atoms with Crippen LogP contribution < -0.4 is 5.73 Å². The SMILES string of the molecule is CCC(CC)c1cc(CN)on1. The van der Waals surface area contributed by atoms with Crippen LogP contribution >= 0.6 is 0 Å². The monoisotopic (exact) mass is 168 g/mol. The molecule has 12 heavy (non-hydrogen) atoms. The molecule has 0 bridgehead atoms. The van der Waals surface area contributed by atoms with E-state index in [0.29, 0.717) is 12.5 Å². The van der Waals surface area contributed by atoms with E-state index in [4.69, 9.17) is 10.3 Å². The van der Waals surface area contributed by atoms with Crippen LogP contribution in [0.2, 0.25) is 0 Å². The van der Waals surface area contributed by atoms with Crippen LogP contribution in [0.5, 0.6) is 0 Å². The summed E-state index contributed by atoms with van der Waals surface area (Å²) in [6.45, 7) is 4.75. The lowest BCUT2D eigenvalue weighted by Gasteiger charge is -2.05. The Morgan fingerprint density at radius 2 is 2.17 bits per heavy atom. The van der Waals surface area contributed by atoms with Gasteiger partial charge < -0.3 is 10.3 Å². The van der Waals surface area contributed by atoms with Crippen LogP contribution in [0.3, 0.4) is 0 Å². The highest BCUT2D eigenvalue weighted by molar-refractivity contribution is 5.09. The Hall–Kier alpha value is -0.830. The van der Waals surface area contributed by atoms with Gasteiger partial charge in [0.25, 0.3) is 0 Å². The predicted octanol–water partition coefficient (Wildman–Crippen LogP) is 2.04. The molecule has 3 nitrogen and oxygen atoms in total. The zero-order valence-corrected chi connectivity index (χ0v) is 7.71. The Kier molecular flexibility index (Phi) is 3.29. The summed E-state index contributed by atoms with van der Waals surface area (Å²) < 4.78 is 5.02. The van der Waals surface area contributed by atoms with Gasteiger partial charge in [-0.25, -0.2) is 0 Å². The van der Waals surface area contributed by atoms with E-state index >= 15 is 0 Å². The molecule has 1 rings (SSSR count). The van der Waals surface area contributed by atoms with Crippen LogP contribution in [0.1, 0.15) is 44.1 Å². The van der Waals surface area contributed by atoms with Gasteiger partial charge in [0.15, 0.2) is 5.76 Å². The van der Waals surface area contributed by atoms with Crippen LogP contribution in [0.4, 0.5) is 0 Å². The molecule has 1 aromatic rings. The lowest BCUT2D eigenvalue weighted by molar-refractivity contribution is 0.372. The fourth-order valence-corrected chi connectivity index (χ4v) is 1.32. The van der Waals surface area contributed by atoms with Crippen molar-refractivity contribution in [3.05, 3.63) is 17.5 Å². The molecule has 3 heteroatoms. The van der Waals surface area contributed by atoms with Crippen molar-refractivity contribution in [1.82, 2.24) is 5.16 Å². The van der Waals surface area contributed by atoms with Gasteiger partial charge >= 0.3 is 0 Å². The Balaban J connectivity index is 2.72. The molecule has 0 aliphatic carbocycles. The molecular weight excluding hydrogens is 152 g/mol. The first-order valence-corrected chi connectivity index (χ1v) is 4.47. The summed E-state index contributed by atoms with van der Waals surface area (Å²) in [5.74, 6) is 1.30. The average molecular weight is 168 g/mol. The molecule has 0 radical (unpaired) electrons. The number of nitrogens with two attached hydrogens (primary N) is 1. The molecular formula is C9H16N2O. The van der Waals surface area contributed by atoms with E-state index in [-0.39, 0.29) is 0 Å². The van der Waals surface area contributed by atoms with Gasteiger partial charge in [0.1, 0.15) is 0 Å². The first-order chi connectivity index (χ1) is 5.81. The molecule has 0 spiro atoms. The van der Waals surface area contributed by atoms with Gasteiger partial charge in [-0.05, 0) is 12.8 Å². The highest BCUT2D eigenvalue weighted by Gasteiger charge is 2.11. The van der Waals surface area contributed by atoms with Crippen molar-refractivity contribution in [3.8, 4) is 0 Å². The highest BCUT2D eigenvalue weighted by Crippen LogP contribution is 2.21. The third-order valence-electron chi connectivity index (χ3n) is 2.18. The van der Waals surface area contributed by atoms with E-state index in [2.05, 4.69) is 19.0 Å². The third-order valence-corrected chi connectivity index (χ3v) is 2.18. The minimum atomic E-state index is 0.438. The first kappa shape index (κ1) is 9.26. The van der Waals surface area contributed by atoms with E-state index in [1.807, 2.05) is 6.07 Å². The maximum absolute atomic E-state index is 5.41. The molecule has 0 atom stereocenters. The molecule has 0 amide bonds. The van der Waals surface area contributed by atoms with E-state index in [1.54, 1.807) is 0 Å². The van der Waals surface area contributed by atoms with Crippen molar-refractivity contribution in [3.63, 3.8) is 0 Å². The zero-order valence-electron chi connectivity index (χ0n) is 7.71. The quantitative estimate of drug-likeness (QED) is 0.748. The van der Waals surface area contributed by atoms with Crippen molar-refractivity contribution >= 4 is 0 Å². The number of hydrogen-bond donors (Lipinski definition) is 1. The summed E-state index contributed by atoms with van der Waals surface area (Å²) >= 11 is 0. The maximum atomic E-state index is 5.41. The molecule has 0 aliphatic rings. The van der Waals surface area contributed by atoms with Crippen LogP contribution in [-0.2, 0) is 6.54 Å². The lowest BCUT2D eigenvalue weighted by atomic mass is 9.99. The van der Waals surface area contributed by atoms with Gasteiger partial charge in [0.2, 0.25) is 0 Å². The van der Waals surface area contributed by atoms with Gasteiger partial charge in [0.05, 0.1) is 12.2 Å². The molecule has 2 N–H and O–H groups in total. The minimum Gasteiger partial charge on any atom is -0.360 e. The normalized spacial score (nSPS) is 11.0. The van der Waals surface area contributed by atoms with Crippen molar-refractivity contribution in [1.29, 1.82) is 0 Å². The zero-order chi connectivity index (χ0) is 8.97. The van der Waals surface area contributed by atoms with Gasteiger partial charge in [-0.3, -0.25) is 0 Å². The van der Waals surface area contributed by atoms with E-state index < -0.39 is 0 Å². The standard InChI is InChI=1S/C9H16N2O/c1-3-7(4-2)9-5-8(6-10)12-11-9/h5,7H,3-4,6,10H2,1-2H3. The van der Waals surface area contributed by atoms with Crippen molar-refractivity contribution in [2.75, 3.05) is 0 Å². The minimum absolute atomic E-state index is 0.438. The maximum Gasteiger partial charge on any atom is 0.150 e. The van der Waals surface area contributed by atoms with Gasteiger partial charge in [-0.2, -0.15) is 0 Å². The molecule has 0 aliphatic heterocycles. The summed E-state index contributed by atoms with van der Waals surface area (Å²) in [5, 5.41) is 3.97. The van der Waals surface area contributed by atoms with Gasteiger partial charge in [-0.1, -0.05) is 19.0 Å². The van der Waals surface area contributed by atoms with E-state index in [0.717, 1.165) is 24.3 Å². The topological polar surface area (TPSA) is 52.0 Å². The summed E-state index contributed by atoms with van der Waals surface area (Å²) in [7, 11) is 0. The second-order valence-corrected chi connectivity index (χ2v) is 2.94. The number of aromatic nitrogens is 1.